The molecule has 0 N–H and O–H groups in total. The van der Waals surface area contributed by atoms with E-state index >= 15 is 0 Å². The van der Waals surface area contributed by atoms with Crippen molar-refractivity contribution >= 4 is 27.8 Å². The molecule has 0 saturated carbocycles. The van der Waals surface area contributed by atoms with Crippen LogP contribution in [0.3, 0.4) is 0 Å². The molecule has 1 aromatic carbocycles. The minimum atomic E-state index is -0.433. The van der Waals surface area contributed by atoms with Crippen LogP contribution in [0.5, 0.6) is 0 Å². The smallest absolute Gasteiger partial charge is 0.270 e. The van der Waals surface area contributed by atoms with E-state index in [-0.39, 0.29) is 5.69 Å². The Balaban J connectivity index is 1.76. The molecule has 1 saturated heterocycles. The highest BCUT2D eigenvalue weighted by Gasteiger charge is 2.13. The van der Waals surface area contributed by atoms with E-state index in [9.17, 15) is 10.1 Å². The Labute approximate surface area is 140 Å². The van der Waals surface area contributed by atoms with E-state index in [1.54, 1.807) is 12.3 Å². The van der Waals surface area contributed by atoms with Crippen LogP contribution in [0.25, 0.3) is 11.3 Å². The van der Waals surface area contributed by atoms with Crippen LogP contribution in [0.2, 0.25) is 0 Å². The molecule has 3 rings (SSSR count). The molecule has 1 aliphatic rings. The number of non-ortho nitro benzene ring substituents is 1. The monoisotopic (exact) mass is 379 g/mol. The van der Waals surface area contributed by atoms with Gasteiger partial charge < -0.3 is 9.15 Å². The number of halogens is 1. The van der Waals surface area contributed by atoms with Crippen LogP contribution >= 0.6 is 15.9 Å². The standard InChI is InChI=1S/C15H14BrN3O4/c16-14-9-11(19(20)21)1-3-13(14)15-4-2-12(23-15)10-17-18-5-7-22-8-6-18/h1-4,9-10H,5-8H2/b17-10-. The molecule has 0 atom stereocenters. The van der Waals surface area contributed by atoms with Crippen molar-refractivity contribution in [3.63, 3.8) is 0 Å². The number of rotatable bonds is 4. The molecule has 1 aliphatic heterocycles. The second kappa shape index (κ2) is 6.93. The number of benzene rings is 1. The largest absolute Gasteiger partial charge is 0.455 e. The molecule has 0 aliphatic carbocycles. The Morgan fingerprint density at radius 1 is 1.26 bits per heavy atom. The normalized spacial score (nSPS) is 15.3. The number of furan rings is 1. The molecule has 0 spiro atoms. The first-order chi connectivity index (χ1) is 11.1. The van der Waals surface area contributed by atoms with Crippen LogP contribution < -0.4 is 0 Å². The lowest BCUT2D eigenvalue weighted by atomic mass is 10.1. The number of nitro groups is 1. The lowest BCUT2D eigenvalue weighted by Gasteiger charge is -2.23. The van der Waals surface area contributed by atoms with Crippen molar-refractivity contribution in [2.45, 2.75) is 0 Å². The van der Waals surface area contributed by atoms with Crippen molar-refractivity contribution in [2.24, 2.45) is 5.10 Å². The number of hydrazone groups is 1. The molecule has 7 nitrogen and oxygen atoms in total. The van der Waals surface area contributed by atoms with Crippen molar-refractivity contribution in [3.05, 3.63) is 50.7 Å². The highest BCUT2D eigenvalue weighted by Crippen LogP contribution is 2.32. The average molecular weight is 380 g/mol. The van der Waals surface area contributed by atoms with Gasteiger partial charge in [0.1, 0.15) is 11.5 Å². The molecule has 2 heterocycles. The summed E-state index contributed by atoms with van der Waals surface area (Å²) in [6, 6.07) is 8.19. The number of morpholine rings is 1. The maximum absolute atomic E-state index is 10.8. The maximum atomic E-state index is 10.8. The summed E-state index contributed by atoms with van der Waals surface area (Å²) in [4.78, 5) is 10.3. The molecule has 120 valence electrons. The SMILES string of the molecule is O=[N+]([O-])c1ccc(-c2ccc(/C=N\N3CCOCC3)o2)c(Br)c1. The zero-order valence-electron chi connectivity index (χ0n) is 12.1. The van der Waals surface area contributed by atoms with Gasteiger partial charge in [-0.25, -0.2) is 0 Å². The molecule has 0 amide bonds. The number of ether oxygens (including phenoxy) is 1. The number of nitrogens with zero attached hydrogens (tertiary/aromatic N) is 3. The lowest BCUT2D eigenvalue weighted by Crippen LogP contribution is -2.32. The predicted molar refractivity (Wildman–Crippen MR) is 88.5 cm³/mol. The summed E-state index contributed by atoms with van der Waals surface area (Å²) in [6.45, 7) is 2.88. The molecule has 8 heteroatoms. The fourth-order valence-electron chi connectivity index (χ4n) is 2.19. The van der Waals surface area contributed by atoms with Crippen molar-refractivity contribution in [3.8, 4) is 11.3 Å². The van der Waals surface area contributed by atoms with Gasteiger partial charge in [-0.1, -0.05) is 0 Å². The van der Waals surface area contributed by atoms with Gasteiger partial charge in [0.25, 0.3) is 5.69 Å². The van der Waals surface area contributed by atoms with Crippen LogP contribution in [-0.4, -0.2) is 42.5 Å². The maximum Gasteiger partial charge on any atom is 0.270 e. The summed E-state index contributed by atoms with van der Waals surface area (Å²) in [6.07, 6.45) is 1.66. The van der Waals surface area contributed by atoms with Crippen LogP contribution in [-0.2, 0) is 4.74 Å². The Bertz CT molecular complexity index is 738. The highest BCUT2D eigenvalue weighted by molar-refractivity contribution is 9.10. The van der Waals surface area contributed by atoms with Crippen molar-refractivity contribution in [1.29, 1.82) is 0 Å². The van der Waals surface area contributed by atoms with Crippen LogP contribution in [0.15, 0.2) is 44.3 Å². The minimum absolute atomic E-state index is 0.0290. The molecular formula is C15H14BrN3O4. The van der Waals surface area contributed by atoms with Crippen LogP contribution in [0.1, 0.15) is 5.76 Å². The van der Waals surface area contributed by atoms with Gasteiger partial charge in [0, 0.05) is 22.2 Å². The second-order valence-corrected chi connectivity index (χ2v) is 5.79. The first kappa shape index (κ1) is 15.7. The summed E-state index contributed by atoms with van der Waals surface area (Å²) in [5, 5.41) is 17.0. The summed E-state index contributed by atoms with van der Waals surface area (Å²) >= 11 is 3.34. The minimum Gasteiger partial charge on any atom is -0.455 e. The third-order valence-corrected chi connectivity index (χ3v) is 4.05. The molecular weight excluding hydrogens is 366 g/mol. The molecule has 23 heavy (non-hydrogen) atoms. The summed E-state index contributed by atoms with van der Waals surface area (Å²) in [5.41, 5.74) is 0.780. The summed E-state index contributed by atoms with van der Waals surface area (Å²) in [5.74, 6) is 1.24. The molecule has 0 bridgehead atoms. The third-order valence-electron chi connectivity index (χ3n) is 3.39. The van der Waals surface area contributed by atoms with E-state index < -0.39 is 4.92 Å². The molecule has 0 radical (unpaired) electrons. The van der Waals surface area contributed by atoms with Crippen molar-refractivity contribution < 1.29 is 14.1 Å². The summed E-state index contributed by atoms with van der Waals surface area (Å²) in [7, 11) is 0. The first-order valence-electron chi connectivity index (χ1n) is 7.04. The first-order valence-corrected chi connectivity index (χ1v) is 7.83. The highest BCUT2D eigenvalue weighted by atomic mass is 79.9. The zero-order chi connectivity index (χ0) is 16.2. The van der Waals surface area contributed by atoms with E-state index in [4.69, 9.17) is 9.15 Å². The third kappa shape index (κ3) is 3.77. The quantitative estimate of drug-likeness (QED) is 0.462. The van der Waals surface area contributed by atoms with Gasteiger partial charge in [-0.05, 0) is 34.1 Å². The van der Waals surface area contributed by atoms with Crippen molar-refractivity contribution in [1.82, 2.24) is 5.01 Å². The molecule has 1 aromatic heterocycles. The van der Waals surface area contributed by atoms with Gasteiger partial charge in [0.15, 0.2) is 0 Å². The molecule has 2 aromatic rings. The number of hydrogen-bond acceptors (Lipinski definition) is 6. The van der Waals surface area contributed by atoms with E-state index in [2.05, 4.69) is 21.0 Å². The number of hydrogen-bond donors (Lipinski definition) is 0. The fraction of sp³-hybridized carbons (Fsp3) is 0.267. The summed E-state index contributed by atoms with van der Waals surface area (Å²) < 4.78 is 11.6. The van der Waals surface area contributed by atoms with Gasteiger partial charge in [0.2, 0.25) is 0 Å². The lowest BCUT2D eigenvalue weighted by molar-refractivity contribution is -0.384. The topological polar surface area (TPSA) is 81.1 Å². The van der Waals surface area contributed by atoms with Gasteiger partial charge >= 0.3 is 0 Å². The fourth-order valence-corrected chi connectivity index (χ4v) is 2.75. The van der Waals surface area contributed by atoms with Gasteiger partial charge in [-0.15, -0.1) is 0 Å². The zero-order valence-corrected chi connectivity index (χ0v) is 13.7. The van der Waals surface area contributed by atoms with Gasteiger partial charge in [0.05, 0.1) is 37.4 Å². The van der Waals surface area contributed by atoms with Crippen LogP contribution in [0.4, 0.5) is 5.69 Å². The second-order valence-electron chi connectivity index (χ2n) is 4.93. The van der Waals surface area contributed by atoms with E-state index in [0.29, 0.717) is 29.2 Å². The predicted octanol–water partition coefficient (Wildman–Crippen LogP) is 3.28. The number of nitro benzene ring substituents is 1. The van der Waals surface area contributed by atoms with E-state index in [0.717, 1.165) is 18.7 Å². The van der Waals surface area contributed by atoms with E-state index in [1.165, 1.54) is 12.1 Å². The van der Waals surface area contributed by atoms with Crippen molar-refractivity contribution in [2.75, 3.05) is 26.3 Å². The van der Waals surface area contributed by atoms with E-state index in [1.807, 2.05) is 17.1 Å². The average Bonchev–Trinajstić information content (AvgIpc) is 3.02. The van der Waals surface area contributed by atoms with Crippen LogP contribution in [0, 0.1) is 10.1 Å². The Morgan fingerprint density at radius 3 is 2.74 bits per heavy atom. The van der Waals surface area contributed by atoms with Gasteiger partial charge in [-0.2, -0.15) is 5.10 Å². The Kier molecular flexibility index (Phi) is 4.73. The Hall–Kier alpha value is -2.19. The van der Waals surface area contributed by atoms with Gasteiger partial charge in [-0.3, -0.25) is 15.1 Å². The Morgan fingerprint density at radius 2 is 2.04 bits per heavy atom. The molecule has 0 unspecified atom stereocenters. The molecule has 1 fully saturated rings.